The third-order valence-corrected chi connectivity index (χ3v) is 4.42. The lowest BCUT2D eigenvalue weighted by Crippen LogP contribution is -2.55. The molecule has 4 nitrogen and oxygen atoms in total. The van der Waals surface area contributed by atoms with E-state index in [4.69, 9.17) is 10.5 Å². The van der Waals surface area contributed by atoms with Crippen LogP contribution in [-0.4, -0.2) is 42.2 Å². The summed E-state index contributed by atoms with van der Waals surface area (Å²) in [5.41, 5.74) is 7.24. The highest BCUT2D eigenvalue weighted by molar-refractivity contribution is 5.05. The first-order chi connectivity index (χ1) is 9.20. The molecule has 4 heteroatoms. The highest BCUT2D eigenvalue weighted by Crippen LogP contribution is 2.34. The van der Waals surface area contributed by atoms with E-state index in [1.807, 2.05) is 18.3 Å². The number of nitrogens with zero attached hydrogens (tertiary/aromatic N) is 2. The average Bonchev–Trinajstić information content (AvgIpc) is 2.48. The van der Waals surface area contributed by atoms with Crippen molar-refractivity contribution in [2.75, 3.05) is 20.7 Å². The predicted molar refractivity (Wildman–Crippen MR) is 76.8 cm³/mol. The van der Waals surface area contributed by atoms with Crippen LogP contribution in [0.15, 0.2) is 24.4 Å². The fourth-order valence-electron chi connectivity index (χ4n) is 3.08. The van der Waals surface area contributed by atoms with E-state index in [9.17, 15) is 0 Å². The van der Waals surface area contributed by atoms with Gasteiger partial charge >= 0.3 is 0 Å². The van der Waals surface area contributed by atoms with Gasteiger partial charge in [0.25, 0.3) is 0 Å². The van der Waals surface area contributed by atoms with Gasteiger partial charge in [0.05, 0.1) is 11.8 Å². The Morgan fingerprint density at radius 2 is 2.37 bits per heavy atom. The third-order valence-electron chi connectivity index (χ3n) is 4.42. The molecule has 1 fully saturated rings. The predicted octanol–water partition coefficient (Wildman–Crippen LogP) is 1.80. The molecule has 2 N–H and O–H groups in total. The van der Waals surface area contributed by atoms with Crippen LogP contribution in [0.1, 0.15) is 31.4 Å². The second-order valence-corrected chi connectivity index (χ2v) is 5.56. The number of nitrogens with two attached hydrogens (primary N) is 1. The molecule has 2 rings (SSSR count). The van der Waals surface area contributed by atoms with Crippen LogP contribution in [-0.2, 0) is 11.3 Å². The minimum absolute atomic E-state index is 0.0520. The number of hydrogen-bond donors (Lipinski definition) is 1. The maximum atomic E-state index is 6.09. The van der Waals surface area contributed by atoms with Crippen LogP contribution >= 0.6 is 0 Å². The van der Waals surface area contributed by atoms with Crippen molar-refractivity contribution in [3.63, 3.8) is 0 Å². The molecule has 106 valence electrons. The summed E-state index contributed by atoms with van der Waals surface area (Å²) in [5.74, 6) is 0. The highest BCUT2D eigenvalue weighted by atomic mass is 16.5. The fraction of sp³-hybridized carbons (Fsp3) is 0.667. The minimum atomic E-state index is 0.0520. The molecule has 1 heterocycles. The molecule has 0 aromatic carbocycles. The molecule has 1 aromatic heterocycles. The highest BCUT2D eigenvalue weighted by Gasteiger charge is 2.38. The molecule has 1 aromatic rings. The standard InChI is InChI=1S/C15H25N3O/c1-18(11-13-6-3-4-9-17-13)15(12-16)8-5-7-14(10-15)19-2/h3-4,6,9,14H,5,7-8,10-12,16H2,1-2H3. The second kappa shape index (κ2) is 6.46. The first kappa shape index (κ1) is 14.4. The Kier molecular flexibility index (Phi) is 4.91. The molecule has 2 atom stereocenters. The molecule has 0 amide bonds. The zero-order valence-electron chi connectivity index (χ0n) is 12.0. The van der Waals surface area contributed by atoms with E-state index in [2.05, 4.69) is 23.0 Å². The fourth-order valence-corrected chi connectivity index (χ4v) is 3.08. The van der Waals surface area contributed by atoms with Crippen LogP contribution in [0.25, 0.3) is 0 Å². The monoisotopic (exact) mass is 263 g/mol. The van der Waals surface area contributed by atoms with Crippen LogP contribution in [0.3, 0.4) is 0 Å². The van der Waals surface area contributed by atoms with Crippen molar-refractivity contribution < 1.29 is 4.74 Å². The number of ether oxygens (including phenoxy) is 1. The Morgan fingerprint density at radius 3 is 3.00 bits per heavy atom. The molecule has 1 aliphatic carbocycles. The first-order valence-corrected chi connectivity index (χ1v) is 7.04. The summed E-state index contributed by atoms with van der Waals surface area (Å²) in [7, 11) is 3.95. The topological polar surface area (TPSA) is 51.4 Å². The summed E-state index contributed by atoms with van der Waals surface area (Å²) in [5, 5.41) is 0. The van der Waals surface area contributed by atoms with Crippen molar-refractivity contribution in [2.45, 2.75) is 43.9 Å². The normalized spacial score (nSPS) is 27.7. The molecular weight excluding hydrogens is 238 g/mol. The van der Waals surface area contributed by atoms with Gasteiger partial charge in [-0.2, -0.15) is 0 Å². The van der Waals surface area contributed by atoms with E-state index in [0.717, 1.165) is 31.5 Å². The number of aromatic nitrogens is 1. The molecule has 2 unspecified atom stereocenters. The second-order valence-electron chi connectivity index (χ2n) is 5.56. The van der Waals surface area contributed by atoms with Crippen molar-refractivity contribution in [1.82, 2.24) is 9.88 Å². The first-order valence-electron chi connectivity index (χ1n) is 7.04. The molecule has 0 spiro atoms. The van der Waals surface area contributed by atoms with Gasteiger partial charge < -0.3 is 10.5 Å². The van der Waals surface area contributed by atoms with Crippen molar-refractivity contribution >= 4 is 0 Å². The Hall–Kier alpha value is -0.970. The van der Waals surface area contributed by atoms with Gasteiger partial charge in [0.1, 0.15) is 0 Å². The summed E-state index contributed by atoms with van der Waals surface area (Å²) in [4.78, 5) is 6.77. The number of likely N-dealkylation sites (N-methyl/N-ethyl adjacent to an activating group) is 1. The van der Waals surface area contributed by atoms with Crippen molar-refractivity contribution in [3.05, 3.63) is 30.1 Å². The average molecular weight is 263 g/mol. The zero-order chi connectivity index (χ0) is 13.7. The summed E-state index contributed by atoms with van der Waals surface area (Å²) >= 11 is 0. The van der Waals surface area contributed by atoms with Gasteiger partial charge in [0.2, 0.25) is 0 Å². The quantitative estimate of drug-likeness (QED) is 0.880. The zero-order valence-corrected chi connectivity index (χ0v) is 12.0. The van der Waals surface area contributed by atoms with E-state index in [0.29, 0.717) is 12.6 Å². The SMILES string of the molecule is COC1CCCC(CN)(N(C)Cc2ccccn2)C1. The van der Waals surface area contributed by atoms with Crippen LogP contribution in [0, 0.1) is 0 Å². The van der Waals surface area contributed by atoms with Gasteiger partial charge in [-0.05, 0) is 44.9 Å². The van der Waals surface area contributed by atoms with Gasteiger partial charge in [-0.1, -0.05) is 6.07 Å². The van der Waals surface area contributed by atoms with Crippen LogP contribution in [0.4, 0.5) is 0 Å². The van der Waals surface area contributed by atoms with Gasteiger partial charge in [-0.25, -0.2) is 0 Å². The summed E-state index contributed by atoms with van der Waals surface area (Å²) in [6, 6.07) is 6.05. The maximum Gasteiger partial charge on any atom is 0.0589 e. The smallest absolute Gasteiger partial charge is 0.0589 e. The van der Waals surface area contributed by atoms with E-state index in [-0.39, 0.29) is 5.54 Å². The Bertz CT molecular complexity index is 384. The number of methoxy groups -OCH3 is 1. The molecule has 0 bridgehead atoms. The lowest BCUT2D eigenvalue weighted by Gasteiger charge is -2.46. The molecule has 1 saturated carbocycles. The lowest BCUT2D eigenvalue weighted by molar-refractivity contribution is -0.0152. The van der Waals surface area contributed by atoms with Crippen molar-refractivity contribution in [1.29, 1.82) is 0 Å². The molecule has 0 radical (unpaired) electrons. The van der Waals surface area contributed by atoms with Crippen molar-refractivity contribution in [2.24, 2.45) is 5.73 Å². The van der Waals surface area contributed by atoms with E-state index in [1.54, 1.807) is 7.11 Å². The number of hydrogen-bond acceptors (Lipinski definition) is 4. The Balaban J connectivity index is 2.07. The van der Waals surface area contributed by atoms with E-state index in [1.165, 1.54) is 6.42 Å². The van der Waals surface area contributed by atoms with Gasteiger partial charge in [0.15, 0.2) is 0 Å². The summed E-state index contributed by atoms with van der Waals surface area (Å²) < 4.78 is 5.55. The van der Waals surface area contributed by atoms with Crippen LogP contribution in [0.2, 0.25) is 0 Å². The molecule has 1 aliphatic rings. The van der Waals surface area contributed by atoms with Crippen LogP contribution in [0.5, 0.6) is 0 Å². The largest absolute Gasteiger partial charge is 0.381 e. The lowest BCUT2D eigenvalue weighted by atomic mass is 9.79. The van der Waals surface area contributed by atoms with Gasteiger partial charge in [0, 0.05) is 31.9 Å². The van der Waals surface area contributed by atoms with Crippen molar-refractivity contribution in [3.8, 4) is 0 Å². The van der Waals surface area contributed by atoms with Gasteiger partial charge in [-0.3, -0.25) is 9.88 Å². The Morgan fingerprint density at radius 1 is 1.53 bits per heavy atom. The van der Waals surface area contributed by atoms with E-state index < -0.39 is 0 Å². The molecule has 0 saturated heterocycles. The summed E-state index contributed by atoms with van der Waals surface area (Å²) in [6.45, 7) is 1.52. The Labute approximate surface area is 116 Å². The number of rotatable bonds is 5. The number of pyridine rings is 1. The van der Waals surface area contributed by atoms with E-state index >= 15 is 0 Å². The third kappa shape index (κ3) is 3.32. The van der Waals surface area contributed by atoms with Gasteiger partial charge in [-0.15, -0.1) is 0 Å². The maximum absolute atomic E-state index is 6.09. The molecule has 19 heavy (non-hydrogen) atoms. The molecular formula is C15H25N3O. The summed E-state index contributed by atoms with van der Waals surface area (Å²) in [6.07, 6.45) is 6.67. The molecule has 0 aliphatic heterocycles. The van der Waals surface area contributed by atoms with Crippen LogP contribution < -0.4 is 5.73 Å². The minimum Gasteiger partial charge on any atom is -0.381 e.